The Hall–Kier alpha value is -0.610. The molecule has 1 amide bonds. The zero-order valence-electron chi connectivity index (χ0n) is 12.4. The predicted octanol–water partition coefficient (Wildman–Crippen LogP) is 2.22. The molecule has 0 saturated heterocycles. The number of carbonyl (C=O) groups is 1. The molecule has 0 saturated carbocycles. The molecular formula is C14H30N2O2. The van der Waals surface area contributed by atoms with Crippen molar-refractivity contribution in [2.24, 2.45) is 5.73 Å². The summed E-state index contributed by atoms with van der Waals surface area (Å²) in [7, 11) is 0. The van der Waals surface area contributed by atoms with Crippen molar-refractivity contribution >= 4 is 5.91 Å². The summed E-state index contributed by atoms with van der Waals surface area (Å²) in [6, 6.07) is 0.243. The van der Waals surface area contributed by atoms with Crippen molar-refractivity contribution < 1.29 is 9.53 Å². The lowest BCUT2D eigenvalue weighted by Crippen LogP contribution is -2.55. The van der Waals surface area contributed by atoms with Crippen LogP contribution in [0.25, 0.3) is 0 Å². The van der Waals surface area contributed by atoms with Crippen molar-refractivity contribution in [3.63, 3.8) is 0 Å². The zero-order chi connectivity index (χ0) is 14.0. The minimum Gasteiger partial charge on any atom is -0.381 e. The summed E-state index contributed by atoms with van der Waals surface area (Å²) >= 11 is 0. The quantitative estimate of drug-likeness (QED) is 0.558. The van der Waals surface area contributed by atoms with Crippen molar-refractivity contribution in [2.45, 2.75) is 71.4 Å². The average Bonchev–Trinajstić information content (AvgIpc) is 2.26. The number of amides is 1. The maximum absolute atomic E-state index is 11.5. The molecule has 1 atom stereocenters. The third-order valence-corrected chi connectivity index (χ3v) is 3.01. The highest BCUT2D eigenvalue weighted by atomic mass is 16.5. The van der Waals surface area contributed by atoms with Crippen LogP contribution in [0.1, 0.15) is 59.8 Å². The maximum atomic E-state index is 11.5. The molecule has 0 spiro atoms. The molecule has 0 heterocycles. The van der Waals surface area contributed by atoms with E-state index in [0.717, 1.165) is 19.4 Å². The topological polar surface area (TPSA) is 64.3 Å². The van der Waals surface area contributed by atoms with Gasteiger partial charge in [0.25, 0.3) is 0 Å². The highest BCUT2D eigenvalue weighted by Crippen LogP contribution is 2.13. The van der Waals surface area contributed by atoms with Crippen LogP contribution in [0.2, 0.25) is 0 Å². The molecule has 0 aliphatic heterocycles. The number of nitrogens with two attached hydrogens (primary N) is 1. The van der Waals surface area contributed by atoms with E-state index in [9.17, 15) is 4.79 Å². The van der Waals surface area contributed by atoms with Gasteiger partial charge in [0.15, 0.2) is 0 Å². The summed E-state index contributed by atoms with van der Waals surface area (Å²) in [5.74, 6) is -0.290. The summed E-state index contributed by atoms with van der Waals surface area (Å²) in [5, 5.41) is 3.24. The van der Waals surface area contributed by atoms with Crippen molar-refractivity contribution in [1.82, 2.24) is 5.32 Å². The van der Waals surface area contributed by atoms with Crippen LogP contribution in [0.15, 0.2) is 0 Å². The summed E-state index contributed by atoms with van der Waals surface area (Å²) in [4.78, 5) is 11.5. The van der Waals surface area contributed by atoms with Gasteiger partial charge < -0.3 is 15.8 Å². The third-order valence-electron chi connectivity index (χ3n) is 3.01. The minimum atomic E-state index is -0.624. The number of rotatable bonds is 11. The van der Waals surface area contributed by atoms with Crippen LogP contribution in [0.5, 0.6) is 0 Å². The fourth-order valence-electron chi connectivity index (χ4n) is 1.99. The number of primary amides is 1. The Kier molecular flexibility index (Phi) is 9.02. The molecule has 3 N–H and O–H groups in total. The lowest BCUT2D eigenvalue weighted by molar-refractivity contribution is -0.124. The molecule has 0 radical (unpaired) electrons. The first kappa shape index (κ1) is 17.4. The van der Waals surface area contributed by atoms with E-state index in [1.165, 1.54) is 12.8 Å². The van der Waals surface area contributed by atoms with E-state index in [-0.39, 0.29) is 11.9 Å². The second kappa shape index (κ2) is 9.34. The van der Waals surface area contributed by atoms with Crippen LogP contribution >= 0.6 is 0 Å². The Morgan fingerprint density at radius 2 is 1.89 bits per heavy atom. The average molecular weight is 258 g/mol. The van der Waals surface area contributed by atoms with Gasteiger partial charge in [-0.3, -0.25) is 4.79 Å². The Balaban J connectivity index is 3.81. The van der Waals surface area contributed by atoms with E-state index < -0.39 is 5.54 Å². The fraction of sp³-hybridized carbons (Fsp3) is 0.929. The van der Waals surface area contributed by atoms with Crippen LogP contribution < -0.4 is 11.1 Å². The van der Waals surface area contributed by atoms with Gasteiger partial charge >= 0.3 is 0 Å². The highest BCUT2D eigenvalue weighted by molar-refractivity contribution is 5.84. The second-order valence-electron chi connectivity index (χ2n) is 5.42. The first-order chi connectivity index (χ1) is 8.42. The van der Waals surface area contributed by atoms with Crippen molar-refractivity contribution in [3.8, 4) is 0 Å². The monoisotopic (exact) mass is 258 g/mol. The van der Waals surface area contributed by atoms with Gasteiger partial charge in [-0.05, 0) is 40.0 Å². The first-order valence-corrected chi connectivity index (χ1v) is 7.07. The molecular weight excluding hydrogens is 228 g/mol. The Labute approximate surface area is 112 Å². The molecule has 0 bridgehead atoms. The molecule has 0 fully saturated rings. The minimum absolute atomic E-state index is 0.243. The van der Waals surface area contributed by atoms with Gasteiger partial charge in [-0.25, -0.2) is 0 Å². The SMILES string of the molecule is CCCCCOCCCC(C)(NC(C)C)C(N)=O. The number of carbonyl (C=O) groups excluding carboxylic acids is 1. The van der Waals surface area contributed by atoms with Crippen LogP contribution in [0, 0.1) is 0 Å². The Morgan fingerprint density at radius 3 is 2.39 bits per heavy atom. The standard InChI is InChI=1S/C14H30N2O2/c1-5-6-7-10-18-11-8-9-14(4,13(15)17)16-12(2)3/h12,16H,5-11H2,1-4H3,(H2,15,17). The molecule has 0 aliphatic carbocycles. The van der Waals surface area contributed by atoms with E-state index >= 15 is 0 Å². The summed E-state index contributed by atoms with van der Waals surface area (Å²) in [6.07, 6.45) is 5.11. The fourth-order valence-corrected chi connectivity index (χ4v) is 1.99. The van der Waals surface area contributed by atoms with Crippen LogP contribution in [0.4, 0.5) is 0 Å². The maximum Gasteiger partial charge on any atom is 0.237 e. The summed E-state index contributed by atoms with van der Waals surface area (Å²) in [5.41, 5.74) is 4.83. The molecule has 108 valence electrons. The van der Waals surface area contributed by atoms with Gasteiger partial charge in [-0.1, -0.05) is 19.8 Å². The van der Waals surface area contributed by atoms with Crippen LogP contribution in [-0.2, 0) is 9.53 Å². The van der Waals surface area contributed by atoms with E-state index in [4.69, 9.17) is 10.5 Å². The third kappa shape index (κ3) is 7.67. The van der Waals surface area contributed by atoms with E-state index in [1.54, 1.807) is 0 Å². The summed E-state index contributed by atoms with van der Waals surface area (Å²) in [6.45, 7) is 9.60. The molecule has 0 aromatic heterocycles. The molecule has 18 heavy (non-hydrogen) atoms. The number of unbranched alkanes of at least 4 members (excludes halogenated alkanes) is 2. The molecule has 4 nitrogen and oxygen atoms in total. The lowest BCUT2D eigenvalue weighted by Gasteiger charge is -2.29. The second-order valence-corrected chi connectivity index (χ2v) is 5.42. The largest absolute Gasteiger partial charge is 0.381 e. The van der Waals surface area contributed by atoms with Gasteiger partial charge in [0, 0.05) is 19.3 Å². The molecule has 0 aromatic rings. The zero-order valence-corrected chi connectivity index (χ0v) is 12.4. The van der Waals surface area contributed by atoms with Crippen LogP contribution in [-0.4, -0.2) is 30.7 Å². The Morgan fingerprint density at radius 1 is 1.28 bits per heavy atom. The van der Waals surface area contributed by atoms with Crippen molar-refractivity contribution in [1.29, 1.82) is 0 Å². The number of ether oxygens (including phenoxy) is 1. The van der Waals surface area contributed by atoms with Gasteiger partial charge in [-0.2, -0.15) is 0 Å². The van der Waals surface area contributed by atoms with Gasteiger partial charge in [0.1, 0.15) is 0 Å². The van der Waals surface area contributed by atoms with Crippen molar-refractivity contribution in [2.75, 3.05) is 13.2 Å². The smallest absolute Gasteiger partial charge is 0.237 e. The normalized spacial score (nSPS) is 14.7. The molecule has 0 rings (SSSR count). The molecule has 1 unspecified atom stereocenters. The number of nitrogens with one attached hydrogen (secondary N) is 1. The molecule has 0 aromatic carbocycles. The Bertz CT molecular complexity index is 232. The lowest BCUT2D eigenvalue weighted by atomic mass is 9.94. The molecule has 4 heteroatoms. The first-order valence-electron chi connectivity index (χ1n) is 7.07. The van der Waals surface area contributed by atoms with Gasteiger partial charge in [-0.15, -0.1) is 0 Å². The van der Waals surface area contributed by atoms with Gasteiger partial charge in [0.05, 0.1) is 5.54 Å². The summed E-state index contributed by atoms with van der Waals surface area (Å²) < 4.78 is 5.54. The predicted molar refractivity (Wildman–Crippen MR) is 75.4 cm³/mol. The van der Waals surface area contributed by atoms with E-state index in [0.29, 0.717) is 13.0 Å². The van der Waals surface area contributed by atoms with Crippen LogP contribution in [0.3, 0.4) is 0 Å². The molecule has 0 aliphatic rings. The highest BCUT2D eigenvalue weighted by Gasteiger charge is 2.30. The van der Waals surface area contributed by atoms with E-state index in [1.807, 2.05) is 20.8 Å². The van der Waals surface area contributed by atoms with Gasteiger partial charge in [0.2, 0.25) is 5.91 Å². The number of hydrogen-bond acceptors (Lipinski definition) is 3. The van der Waals surface area contributed by atoms with E-state index in [2.05, 4.69) is 12.2 Å². The number of hydrogen-bond donors (Lipinski definition) is 2. The van der Waals surface area contributed by atoms with Crippen molar-refractivity contribution in [3.05, 3.63) is 0 Å².